The average molecular weight is 1400 g/mol. The fraction of sp³-hybridized carbons (Fsp3) is 0.413. The van der Waals surface area contributed by atoms with Gasteiger partial charge in [0.1, 0.15) is 0 Å². The highest BCUT2D eigenvalue weighted by molar-refractivity contribution is 7.89. The molecule has 24 heteroatoms. The normalized spacial score (nSPS) is 19.1. The number of nitrogens with one attached hydrogen (secondary N) is 3. The van der Waals surface area contributed by atoms with Gasteiger partial charge in [0.15, 0.2) is 0 Å². The predicted molar refractivity (Wildman–Crippen MR) is 391 cm³/mol. The van der Waals surface area contributed by atoms with Crippen molar-refractivity contribution in [3.63, 3.8) is 0 Å². The Labute approximate surface area is 577 Å². The van der Waals surface area contributed by atoms with E-state index in [0.29, 0.717) is 119 Å². The molecule has 3 aliphatic carbocycles. The molecule has 518 valence electrons. The molecule has 4 aromatic heterocycles. The maximum atomic E-state index is 13.7. The number of piperidine rings is 2. The van der Waals surface area contributed by atoms with Crippen LogP contribution in [-0.2, 0) is 55.9 Å². The quantitative estimate of drug-likeness (QED) is 0.0878. The highest BCUT2D eigenvalue weighted by Gasteiger charge is 2.37. The zero-order valence-electron chi connectivity index (χ0n) is 55.1. The van der Waals surface area contributed by atoms with Crippen molar-refractivity contribution >= 4 is 95.1 Å². The molecular formula is C75H86N12O9S3. The Balaban J connectivity index is 0.000000120. The second kappa shape index (κ2) is 27.4. The molecule has 3 N–H and O–H groups in total. The summed E-state index contributed by atoms with van der Waals surface area (Å²) in [7, 11) is -10.8. The summed E-state index contributed by atoms with van der Waals surface area (Å²) in [5.41, 5.74) is 8.44. The predicted octanol–water partition coefficient (Wildman–Crippen LogP) is 7.88. The average Bonchev–Trinajstić information content (AvgIpc) is 1.60. The van der Waals surface area contributed by atoms with Crippen LogP contribution in [0.25, 0.3) is 65.0 Å². The molecule has 0 spiro atoms. The van der Waals surface area contributed by atoms with Gasteiger partial charge in [0, 0.05) is 208 Å². The van der Waals surface area contributed by atoms with E-state index in [1.54, 1.807) is 67.8 Å². The van der Waals surface area contributed by atoms with Crippen molar-refractivity contribution in [2.24, 2.45) is 0 Å². The maximum Gasteiger partial charge on any atom is 0.256 e. The Hall–Kier alpha value is -7.59. The first-order chi connectivity index (χ1) is 47.6. The van der Waals surface area contributed by atoms with Crippen molar-refractivity contribution in [3.05, 3.63) is 186 Å². The summed E-state index contributed by atoms with van der Waals surface area (Å²) in [6, 6.07) is 31.3. The Kier molecular flexibility index (Phi) is 18.6. The van der Waals surface area contributed by atoms with Crippen molar-refractivity contribution in [1.82, 2.24) is 57.4 Å². The van der Waals surface area contributed by atoms with E-state index >= 15 is 0 Å². The monoisotopic (exact) mass is 1390 g/mol. The van der Waals surface area contributed by atoms with E-state index in [0.717, 1.165) is 125 Å². The minimum atomic E-state index is -3.64. The minimum Gasteiger partial charge on any atom is -0.321 e. The zero-order valence-corrected chi connectivity index (χ0v) is 57.6. The third kappa shape index (κ3) is 12.5. The zero-order chi connectivity index (χ0) is 67.0. The standard InChI is InChI=1S/2C25H30N4O3S.C24H22N4O3S.CH4/c2*30-25-19-6-4-5-18-17-20-22(8-7-21(26-25)24(20)23(18)19)33(31,32)29-15-13-28(14-16-29)12-11-27-9-2-1-3-10-27;29-24-18-3-1-2-17-14-19-21(5-4-20(26-24)23(19)22(17)18)32(30,31)28-12-10-27(11-13-28)15-16-6-8-25-9-7-16;/h2*4-8H,1-3,9-17H2,(H,26,30);1-9H,10-15H2,(H,26,29);1H4. The Morgan fingerprint density at radius 3 is 0.960 bits per heavy atom. The van der Waals surface area contributed by atoms with Gasteiger partial charge in [-0.25, -0.2) is 25.3 Å². The van der Waals surface area contributed by atoms with Crippen LogP contribution in [0.4, 0.5) is 0 Å². The second-order valence-electron chi connectivity index (χ2n) is 27.6. The van der Waals surface area contributed by atoms with Crippen LogP contribution in [0.5, 0.6) is 0 Å². The van der Waals surface area contributed by atoms with Gasteiger partial charge in [0.25, 0.3) is 16.7 Å². The number of pyridine rings is 4. The van der Waals surface area contributed by atoms with Crippen LogP contribution in [0, 0.1) is 0 Å². The van der Waals surface area contributed by atoms with Crippen LogP contribution in [0.1, 0.15) is 84.9 Å². The Morgan fingerprint density at radius 1 is 0.333 bits per heavy atom. The number of aromatic amines is 3. The van der Waals surface area contributed by atoms with E-state index in [2.05, 4.69) is 44.4 Å². The fourth-order valence-corrected chi connectivity index (χ4v) is 21.7. The summed E-state index contributed by atoms with van der Waals surface area (Å²) < 4.78 is 87.0. The van der Waals surface area contributed by atoms with Gasteiger partial charge in [0.05, 0.1) is 14.7 Å². The molecule has 21 nitrogen and oxygen atoms in total. The largest absolute Gasteiger partial charge is 0.321 e. The molecule has 5 saturated heterocycles. The summed E-state index contributed by atoms with van der Waals surface area (Å²) in [5, 5.41) is 7.24. The van der Waals surface area contributed by atoms with Crippen LogP contribution in [-0.4, -0.2) is 213 Å². The van der Waals surface area contributed by atoms with Crippen molar-refractivity contribution in [2.45, 2.75) is 86.4 Å². The molecule has 0 amide bonds. The molecule has 0 atom stereocenters. The maximum absolute atomic E-state index is 13.7. The number of H-pyrrole nitrogens is 3. The fourth-order valence-electron chi connectivity index (χ4n) is 16.8. The molecule has 0 unspecified atom stereocenters. The molecule has 0 radical (unpaired) electrons. The Morgan fingerprint density at radius 2 is 0.636 bits per heavy atom. The van der Waals surface area contributed by atoms with Gasteiger partial charge >= 0.3 is 0 Å². The first-order valence-electron chi connectivity index (χ1n) is 34.9. The number of likely N-dealkylation sites (tertiary alicyclic amines) is 2. The number of hydrogen-bond donors (Lipinski definition) is 3. The molecule has 5 aliphatic heterocycles. The van der Waals surface area contributed by atoms with E-state index < -0.39 is 30.1 Å². The first-order valence-corrected chi connectivity index (χ1v) is 39.2. The summed E-state index contributed by atoms with van der Waals surface area (Å²) in [4.78, 5) is 63.6. The molecule has 6 aromatic carbocycles. The smallest absolute Gasteiger partial charge is 0.256 e. The van der Waals surface area contributed by atoms with Crippen LogP contribution in [0.3, 0.4) is 0 Å². The lowest BCUT2D eigenvalue weighted by molar-refractivity contribution is 0.149. The molecule has 99 heavy (non-hydrogen) atoms. The number of aromatic nitrogens is 4. The minimum absolute atomic E-state index is 0. The van der Waals surface area contributed by atoms with E-state index in [4.69, 9.17) is 0 Å². The first kappa shape index (κ1) is 67.2. The van der Waals surface area contributed by atoms with Crippen molar-refractivity contribution in [1.29, 1.82) is 0 Å². The van der Waals surface area contributed by atoms with Crippen molar-refractivity contribution < 1.29 is 25.3 Å². The van der Waals surface area contributed by atoms with Crippen molar-refractivity contribution in [3.8, 4) is 0 Å². The summed E-state index contributed by atoms with van der Waals surface area (Å²) in [6.07, 6.45) is 13.0. The lowest BCUT2D eigenvalue weighted by atomic mass is 10.1. The SMILES string of the molecule is C.O=c1[nH]c2ccc(S(=O)(=O)N3CCN(CCN4CCCCC4)CC3)c3c2c2c(cccc12)C3.O=c1[nH]c2ccc(S(=O)(=O)N3CCN(CCN4CCCCC4)CC3)c3c2c2c(cccc12)C3.O=c1[nH]c2ccc(S(=O)(=O)N3CCN(Cc4ccncc4)CC3)c3c2c2c(cccc12)C3. The molecule has 5 fully saturated rings. The third-order valence-electron chi connectivity index (χ3n) is 22.0. The molecular weight excluding hydrogens is 1310 g/mol. The summed E-state index contributed by atoms with van der Waals surface area (Å²) in [5.74, 6) is 0. The molecule has 10 aromatic rings. The van der Waals surface area contributed by atoms with Gasteiger partial charge < -0.3 is 24.8 Å². The second-order valence-corrected chi connectivity index (χ2v) is 33.4. The van der Waals surface area contributed by atoms with Gasteiger partial charge in [-0.3, -0.25) is 34.1 Å². The molecule has 8 aliphatic rings. The lowest BCUT2D eigenvalue weighted by Gasteiger charge is -2.36. The van der Waals surface area contributed by atoms with Crippen LogP contribution < -0.4 is 16.7 Å². The van der Waals surface area contributed by atoms with E-state index in [1.807, 2.05) is 60.7 Å². The van der Waals surface area contributed by atoms with Gasteiger partial charge in [-0.2, -0.15) is 12.9 Å². The topological polar surface area (TPSA) is 240 Å². The molecule has 0 bridgehead atoms. The van der Waals surface area contributed by atoms with Crippen LogP contribution >= 0.6 is 0 Å². The van der Waals surface area contributed by atoms with Gasteiger partial charge in [-0.05, 0) is 158 Å². The van der Waals surface area contributed by atoms with E-state index in [9.17, 15) is 39.6 Å². The molecule has 0 saturated carbocycles. The number of hydrogen-bond acceptors (Lipinski definition) is 15. The highest BCUT2D eigenvalue weighted by atomic mass is 32.2. The Bertz CT molecular complexity index is 5130. The number of piperazine rings is 3. The highest BCUT2D eigenvalue weighted by Crippen LogP contribution is 2.43. The number of rotatable bonds is 14. The van der Waals surface area contributed by atoms with Gasteiger partial charge in [-0.15, -0.1) is 0 Å². The van der Waals surface area contributed by atoms with Gasteiger partial charge in [-0.1, -0.05) is 56.7 Å². The van der Waals surface area contributed by atoms with Crippen LogP contribution in [0.2, 0.25) is 0 Å². The van der Waals surface area contributed by atoms with Crippen molar-refractivity contribution in [2.75, 3.05) is 131 Å². The number of nitrogens with zero attached hydrogens (tertiary/aromatic N) is 9. The van der Waals surface area contributed by atoms with E-state index in [-0.39, 0.29) is 24.1 Å². The third-order valence-corrected chi connectivity index (χ3v) is 27.9. The van der Waals surface area contributed by atoms with Gasteiger partial charge in [0.2, 0.25) is 30.1 Å². The summed E-state index contributed by atoms with van der Waals surface area (Å²) >= 11 is 0. The van der Waals surface area contributed by atoms with Crippen LogP contribution in [0.15, 0.2) is 145 Å². The van der Waals surface area contributed by atoms with E-state index in [1.165, 1.54) is 70.3 Å². The molecule has 9 heterocycles. The summed E-state index contributed by atoms with van der Waals surface area (Å²) in [6.45, 7) is 17.2. The number of benzene rings is 6. The molecule has 18 rings (SSSR count). The lowest BCUT2D eigenvalue weighted by Crippen LogP contribution is -2.50. The number of sulfonamides is 3.